The van der Waals surface area contributed by atoms with Crippen LogP contribution < -0.4 is 5.56 Å². The molecule has 1 amide bonds. The highest BCUT2D eigenvalue weighted by atomic mass is 32.2. The van der Waals surface area contributed by atoms with Crippen LogP contribution in [0.3, 0.4) is 0 Å². The Morgan fingerprint density at radius 2 is 1.74 bits per heavy atom. The Bertz CT molecular complexity index is 1860. The normalized spacial score (nSPS) is 12.0. The number of hydrogen-bond donors (Lipinski definition) is 1. The van der Waals surface area contributed by atoms with Crippen LogP contribution in [0.5, 0.6) is 5.88 Å². The monoisotopic (exact) mass is 598 g/mol. The summed E-state index contributed by atoms with van der Waals surface area (Å²) in [6.07, 6.45) is 2.24. The minimum atomic E-state index is -4.51. The molecule has 1 atom stereocenters. The van der Waals surface area contributed by atoms with Gasteiger partial charge in [0.05, 0.1) is 22.6 Å². The van der Waals surface area contributed by atoms with Crippen LogP contribution in [-0.4, -0.2) is 48.0 Å². The summed E-state index contributed by atoms with van der Waals surface area (Å²) in [5.74, 6) is -0.771. The summed E-state index contributed by atoms with van der Waals surface area (Å²) in [4.78, 5) is 31.5. The van der Waals surface area contributed by atoms with E-state index in [2.05, 4.69) is 11.1 Å². The SMILES string of the molecule is CCCCc1nc(O)c(S(=O)(=O)c2ccc(-c3ccccc3C(=O)N(C)C)cc2)c(=O)n1[C@@H](CC)c1cccc(C#N)c1. The smallest absolute Gasteiger partial charge is 0.277 e. The summed E-state index contributed by atoms with van der Waals surface area (Å²) in [6.45, 7) is 3.84. The van der Waals surface area contributed by atoms with Gasteiger partial charge in [0, 0.05) is 26.1 Å². The summed E-state index contributed by atoms with van der Waals surface area (Å²) < 4.78 is 29.1. The number of sulfone groups is 1. The Labute approximate surface area is 251 Å². The molecule has 0 bridgehead atoms. The van der Waals surface area contributed by atoms with Crippen molar-refractivity contribution in [3.63, 3.8) is 0 Å². The lowest BCUT2D eigenvalue weighted by molar-refractivity contribution is 0.0828. The number of unbranched alkanes of at least 4 members (excludes halogenated alkanes) is 1. The summed E-state index contributed by atoms with van der Waals surface area (Å²) in [7, 11) is -1.21. The zero-order valence-electron chi connectivity index (χ0n) is 24.6. The first kappa shape index (κ1) is 31.2. The molecule has 1 heterocycles. The Morgan fingerprint density at radius 3 is 2.37 bits per heavy atom. The number of aromatic nitrogens is 2. The fourth-order valence-electron chi connectivity index (χ4n) is 5.09. The molecule has 0 saturated heterocycles. The molecule has 0 spiro atoms. The van der Waals surface area contributed by atoms with E-state index in [4.69, 9.17) is 0 Å². The number of rotatable bonds is 10. The van der Waals surface area contributed by atoms with Gasteiger partial charge in [-0.1, -0.05) is 62.7 Å². The van der Waals surface area contributed by atoms with E-state index in [0.29, 0.717) is 47.1 Å². The van der Waals surface area contributed by atoms with Crippen molar-refractivity contribution in [2.24, 2.45) is 0 Å². The Balaban J connectivity index is 1.86. The van der Waals surface area contributed by atoms with Gasteiger partial charge in [-0.05, 0) is 59.9 Å². The quantitative estimate of drug-likeness (QED) is 0.260. The van der Waals surface area contributed by atoms with Crippen molar-refractivity contribution in [3.05, 3.63) is 106 Å². The van der Waals surface area contributed by atoms with E-state index in [1.165, 1.54) is 21.6 Å². The van der Waals surface area contributed by atoms with Gasteiger partial charge in [0.15, 0.2) is 4.90 Å². The van der Waals surface area contributed by atoms with Crippen molar-refractivity contribution in [1.29, 1.82) is 5.26 Å². The van der Waals surface area contributed by atoms with E-state index in [9.17, 15) is 28.4 Å². The molecule has 3 aromatic carbocycles. The molecule has 0 aliphatic rings. The van der Waals surface area contributed by atoms with Crippen molar-refractivity contribution < 1.29 is 18.3 Å². The number of carbonyl (C=O) groups is 1. The fourth-order valence-corrected chi connectivity index (χ4v) is 6.44. The number of benzene rings is 3. The third-order valence-corrected chi connectivity index (χ3v) is 9.08. The van der Waals surface area contributed by atoms with Gasteiger partial charge in [0.2, 0.25) is 15.7 Å². The van der Waals surface area contributed by atoms with Crippen molar-refractivity contribution in [1.82, 2.24) is 14.5 Å². The first-order valence-corrected chi connectivity index (χ1v) is 15.5. The predicted molar refractivity (Wildman–Crippen MR) is 164 cm³/mol. The predicted octanol–water partition coefficient (Wildman–Crippen LogP) is 5.36. The van der Waals surface area contributed by atoms with Gasteiger partial charge in [-0.2, -0.15) is 10.2 Å². The number of amides is 1. The molecule has 1 N–H and O–H groups in total. The average Bonchev–Trinajstić information content (AvgIpc) is 3.01. The first-order valence-electron chi connectivity index (χ1n) is 14.1. The summed E-state index contributed by atoms with van der Waals surface area (Å²) in [6, 6.07) is 21.2. The van der Waals surface area contributed by atoms with Crippen LogP contribution in [0.1, 0.15) is 66.5 Å². The van der Waals surface area contributed by atoms with Gasteiger partial charge in [0.1, 0.15) is 5.82 Å². The molecule has 10 heteroatoms. The van der Waals surface area contributed by atoms with Crippen LogP contribution in [0, 0.1) is 11.3 Å². The molecular formula is C33H34N4O5S. The van der Waals surface area contributed by atoms with E-state index in [-0.39, 0.29) is 16.6 Å². The number of aromatic hydroxyl groups is 1. The highest BCUT2D eigenvalue weighted by Gasteiger charge is 2.31. The lowest BCUT2D eigenvalue weighted by Gasteiger charge is -2.23. The van der Waals surface area contributed by atoms with Gasteiger partial charge < -0.3 is 10.0 Å². The Kier molecular flexibility index (Phi) is 9.46. The third-order valence-electron chi connectivity index (χ3n) is 7.29. The molecule has 0 saturated carbocycles. The summed E-state index contributed by atoms with van der Waals surface area (Å²) in [5, 5.41) is 20.3. The van der Waals surface area contributed by atoms with Crippen molar-refractivity contribution >= 4 is 15.7 Å². The maximum absolute atomic E-state index is 14.1. The fraction of sp³-hybridized carbons (Fsp3) is 0.273. The molecular weight excluding hydrogens is 564 g/mol. The highest BCUT2D eigenvalue weighted by molar-refractivity contribution is 7.91. The zero-order valence-corrected chi connectivity index (χ0v) is 25.4. The lowest BCUT2D eigenvalue weighted by Crippen LogP contribution is -2.33. The molecule has 4 rings (SSSR count). The second-order valence-electron chi connectivity index (χ2n) is 10.4. The van der Waals surface area contributed by atoms with Crippen molar-refractivity contribution in [3.8, 4) is 23.1 Å². The van der Waals surface area contributed by atoms with Crippen molar-refractivity contribution in [2.45, 2.75) is 55.4 Å². The molecule has 9 nitrogen and oxygen atoms in total. The number of hydrogen-bond acceptors (Lipinski definition) is 7. The van der Waals surface area contributed by atoms with E-state index >= 15 is 0 Å². The van der Waals surface area contributed by atoms with Crippen LogP contribution in [-0.2, 0) is 16.3 Å². The van der Waals surface area contributed by atoms with Crippen LogP contribution >= 0.6 is 0 Å². The molecule has 43 heavy (non-hydrogen) atoms. The van der Waals surface area contributed by atoms with Crippen LogP contribution in [0.25, 0.3) is 11.1 Å². The molecule has 0 unspecified atom stereocenters. The van der Waals surface area contributed by atoms with Gasteiger partial charge in [-0.3, -0.25) is 14.2 Å². The molecule has 0 fully saturated rings. The summed E-state index contributed by atoms with van der Waals surface area (Å²) in [5.41, 5.74) is 1.89. The topological polar surface area (TPSA) is 133 Å². The van der Waals surface area contributed by atoms with Crippen molar-refractivity contribution in [2.75, 3.05) is 14.1 Å². The second kappa shape index (κ2) is 13.0. The lowest BCUT2D eigenvalue weighted by atomic mass is 9.99. The minimum absolute atomic E-state index is 0.196. The number of nitrogens with zero attached hydrogens (tertiary/aromatic N) is 4. The number of aryl methyl sites for hydroxylation is 1. The molecule has 0 aliphatic heterocycles. The highest BCUT2D eigenvalue weighted by Crippen LogP contribution is 2.31. The van der Waals surface area contributed by atoms with E-state index < -0.39 is 32.2 Å². The molecule has 4 aromatic rings. The van der Waals surface area contributed by atoms with Crippen LogP contribution in [0.2, 0.25) is 0 Å². The number of nitriles is 1. The third kappa shape index (κ3) is 6.22. The molecule has 222 valence electrons. The maximum Gasteiger partial charge on any atom is 0.277 e. The van der Waals surface area contributed by atoms with Gasteiger partial charge in [-0.15, -0.1) is 0 Å². The Hall–Kier alpha value is -4.75. The second-order valence-corrected chi connectivity index (χ2v) is 12.3. The van der Waals surface area contributed by atoms with Crippen LogP contribution in [0.15, 0.2) is 87.4 Å². The summed E-state index contributed by atoms with van der Waals surface area (Å²) >= 11 is 0. The van der Waals surface area contributed by atoms with E-state index in [0.717, 1.165) is 6.42 Å². The largest absolute Gasteiger partial charge is 0.492 e. The van der Waals surface area contributed by atoms with Gasteiger partial charge in [0.25, 0.3) is 11.5 Å². The molecule has 0 aliphatic carbocycles. The molecule has 1 aromatic heterocycles. The van der Waals surface area contributed by atoms with E-state index in [1.54, 1.807) is 74.8 Å². The first-order chi connectivity index (χ1) is 20.5. The Morgan fingerprint density at radius 1 is 1.05 bits per heavy atom. The standard InChI is InChI=1S/C33H34N4O5S/c1-5-7-15-29-35-31(38)30(33(40)37(29)28(6-2)24-12-10-11-22(20-24)21-34)43(41,42)25-18-16-23(17-19-25)26-13-8-9-14-27(26)32(39)36(3)4/h8-14,16-20,28,38H,5-7,15H2,1-4H3/t28-/m0/s1. The van der Waals surface area contributed by atoms with Crippen LogP contribution in [0.4, 0.5) is 0 Å². The zero-order chi connectivity index (χ0) is 31.3. The maximum atomic E-state index is 14.1. The molecule has 0 radical (unpaired) electrons. The average molecular weight is 599 g/mol. The number of carbonyl (C=O) groups excluding carboxylic acids is 1. The van der Waals surface area contributed by atoms with Gasteiger partial charge >= 0.3 is 0 Å². The van der Waals surface area contributed by atoms with Gasteiger partial charge in [-0.25, -0.2) is 8.42 Å². The van der Waals surface area contributed by atoms with E-state index in [1.807, 2.05) is 13.8 Å². The minimum Gasteiger partial charge on any atom is -0.492 e.